The molecule has 0 saturated heterocycles. The van der Waals surface area contributed by atoms with Crippen LogP contribution in [0.15, 0.2) is 48.5 Å². The molecule has 0 spiro atoms. The zero-order chi connectivity index (χ0) is 35.1. The quantitative estimate of drug-likeness (QED) is 0.232. The van der Waals surface area contributed by atoms with Crippen molar-refractivity contribution in [1.82, 2.24) is 5.32 Å². The lowest BCUT2D eigenvalue weighted by atomic mass is 9.86. The second-order valence-electron chi connectivity index (χ2n) is 11.8. The fourth-order valence-electron chi connectivity index (χ4n) is 3.53. The van der Waals surface area contributed by atoms with Gasteiger partial charge in [-0.15, -0.1) is 12.4 Å². The van der Waals surface area contributed by atoms with Crippen molar-refractivity contribution < 1.29 is 43.3 Å². The number of benzene rings is 2. The van der Waals surface area contributed by atoms with Crippen molar-refractivity contribution in [3.8, 4) is 0 Å². The van der Waals surface area contributed by atoms with Gasteiger partial charge in [0.25, 0.3) is 0 Å². The van der Waals surface area contributed by atoms with E-state index >= 15 is 0 Å². The number of nitrogens with one attached hydrogen (secondary N) is 3. The average molecular weight is 667 g/mol. The maximum Gasteiger partial charge on any atom is 0.394 e. The van der Waals surface area contributed by atoms with Gasteiger partial charge in [0.2, 0.25) is 0 Å². The van der Waals surface area contributed by atoms with Gasteiger partial charge >= 0.3 is 35.6 Å². The normalized spacial score (nSPS) is 11.6. The summed E-state index contributed by atoms with van der Waals surface area (Å²) < 4.78 is 8.74. The molecule has 0 aromatic heterocycles. The van der Waals surface area contributed by atoms with E-state index in [4.69, 9.17) is 10.8 Å². The molecule has 0 saturated carbocycles. The van der Waals surface area contributed by atoms with Gasteiger partial charge in [0.1, 0.15) is 12.1 Å². The fourth-order valence-corrected chi connectivity index (χ4v) is 3.53. The Morgan fingerprint density at radius 2 is 1.04 bits per heavy atom. The van der Waals surface area contributed by atoms with Crippen molar-refractivity contribution in [2.45, 2.75) is 78.3 Å². The number of hydrogen-bond acceptors (Lipinski definition) is 9. The molecule has 6 N–H and O–H groups in total. The van der Waals surface area contributed by atoms with Gasteiger partial charge in [-0.1, -0.05) is 77.9 Å². The van der Waals surface area contributed by atoms with E-state index < -0.39 is 41.7 Å². The Kier molecular flexibility index (Phi) is 18.8. The summed E-state index contributed by atoms with van der Waals surface area (Å²) in [6.07, 6.45) is 0. The van der Waals surface area contributed by atoms with E-state index in [2.05, 4.69) is 25.4 Å². The Morgan fingerprint density at radius 3 is 1.35 bits per heavy atom. The van der Waals surface area contributed by atoms with Crippen LogP contribution >= 0.6 is 12.4 Å². The number of carbonyl (C=O) groups is 6. The van der Waals surface area contributed by atoms with Crippen molar-refractivity contribution in [3.63, 3.8) is 0 Å². The number of carbonyl (C=O) groups excluding carboxylic acids is 5. The molecule has 0 aliphatic rings. The van der Waals surface area contributed by atoms with Crippen LogP contribution in [0.2, 0.25) is 0 Å². The predicted molar refractivity (Wildman–Crippen MR) is 178 cm³/mol. The zero-order valence-electron chi connectivity index (χ0n) is 28.0. The molecule has 0 fully saturated rings. The smallest absolute Gasteiger partial charge is 0.394 e. The van der Waals surface area contributed by atoms with E-state index in [1.807, 2.05) is 65.8 Å². The standard InChI is InChI=1S/C16H22N2O4.C12H15NO3.C4H9NO2.ClH/c1-10(15(21)22-5)17-13(19)14(20)18-12-9-7-6-8-11(12)16(2,3)4;1-12(2,3)8-6-4-5-7-9(8)13-10(14)11(15)16;1-3(5)4(6)7-2;/h6-10H,1-5H3,(H,17,19)(H,18,20);4-7H,1-3H3,(H,13,14)(H,15,16);3H,5H2,1-2H3;1H. The molecule has 2 atom stereocenters. The number of rotatable bonds is 5. The van der Waals surface area contributed by atoms with Gasteiger partial charge in [-0.3, -0.25) is 19.2 Å². The lowest BCUT2D eigenvalue weighted by Crippen LogP contribution is -2.44. The maximum atomic E-state index is 12.0. The zero-order valence-corrected chi connectivity index (χ0v) is 28.8. The molecule has 0 radical (unpaired) electrons. The summed E-state index contributed by atoms with van der Waals surface area (Å²) in [6.45, 7) is 15.0. The topological polar surface area (TPSA) is 203 Å². The van der Waals surface area contributed by atoms with Crippen LogP contribution < -0.4 is 21.7 Å². The molecule has 256 valence electrons. The molecule has 3 amide bonds. The Balaban J connectivity index is 0. The number of esters is 2. The number of anilines is 2. The van der Waals surface area contributed by atoms with Crippen molar-refractivity contribution in [2.75, 3.05) is 24.9 Å². The van der Waals surface area contributed by atoms with E-state index in [-0.39, 0.29) is 29.2 Å². The molecule has 0 heterocycles. The third-order valence-corrected chi connectivity index (χ3v) is 5.84. The molecule has 13 nitrogen and oxygen atoms in total. The van der Waals surface area contributed by atoms with Gasteiger partial charge in [-0.25, -0.2) is 9.59 Å². The Morgan fingerprint density at radius 1 is 0.674 bits per heavy atom. The number of hydrogen-bond donors (Lipinski definition) is 5. The molecule has 0 aliphatic heterocycles. The molecular weight excluding hydrogens is 620 g/mol. The van der Waals surface area contributed by atoms with Crippen molar-refractivity contribution in [3.05, 3.63) is 59.7 Å². The molecule has 14 heteroatoms. The van der Waals surface area contributed by atoms with E-state index in [1.165, 1.54) is 21.1 Å². The SMILES string of the molecule is CC(C)(C)c1ccccc1NC(=O)C(=O)O.COC(=O)C(C)N.COC(=O)C(C)NC(=O)C(=O)Nc1ccccc1C(C)(C)C.Cl. The molecule has 2 unspecified atom stereocenters. The fraction of sp³-hybridized carbons (Fsp3) is 0.438. The van der Waals surface area contributed by atoms with Gasteiger partial charge in [-0.2, -0.15) is 0 Å². The van der Waals surface area contributed by atoms with E-state index in [0.29, 0.717) is 11.4 Å². The third kappa shape index (κ3) is 15.5. The summed E-state index contributed by atoms with van der Waals surface area (Å²) in [5.74, 6) is -5.20. The maximum absolute atomic E-state index is 12.0. The monoisotopic (exact) mass is 666 g/mol. The third-order valence-electron chi connectivity index (χ3n) is 5.84. The largest absolute Gasteiger partial charge is 0.474 e. The van der Waals surface area contributed by atoms with Crippen LogP contribution in [0.1, 0.15) is 66.5 Å². The minimum Gasteiger partial charge on any atom is -0.474 e. The molecule has 46 heavy (non-hydrogen) atoms. The van der Waals surface area contributed by atoms with Crippen LogP contribution in [0.4, 0.5) is 11.4 Å². The van der Waals surface area contributed by atoms with Crippen LogP contribution in [0.3, 0.4) is 0 Å². The summed E-state index contributed by atoms with van der Waals surface area (Å²) in [5.41, 5.74) is 7.68. The van der Waals surface area contributed by atoms with Crippen LogP contribution in [-0.4, -0.2) is 67.0 Å². The molecular formula is C32H47ClN4O9. The lowest BCUT2D eigenvalue weighted by Gasteiger charge is -2.23. The molecule has 2 rings (SSSR count). The van der Waals surface area contributed by atoms with E-state index in [1.54, 1.807) is 31.2 Å². The number of halogens is 1. The summed E-state index contributed by atoms with van der Waals surface area (Å²) in [4.78, 5) is 66.7. The molecule has 0 bridgehead atoms. The highest BCUT2D eigenvalue weighted by Gasteiger charge is 2.24. The Bertz CT molecular complexity index is 1350. The van der Waals surface area contributed by atoms with Gasteiger partial charge < -0.3 is 36.3 Å². The van der Waals surface area contributed by atoms with Crippen LogP contribution in [0.5, 0.6) is 0 Å². The highest BCUT2D eigenvalue weighted by atomic mass is 35.5. The number of carboxylic acids is 1. The van der Waals surface area contributed by atoms with Crippen molar-refractivity contribution in [1.29, 1.82) is 0 Å². The number of carboxylic acid groups (broad SMARTS) is 1. The minimum atomic E-state index is -1.48. The molecule has 2 aromatic carbocycles. The van der Waals surface area contributed by atoms with Crippen LogP contribution in [0.25, 0.3) is 0 Å². The second-order valence-corrected chi connectivity index (χ2v) is 11.8. The highest BCUT2D eigenvalue weighted by Crippen LogP contribution is 2.30. The summed E-state index contributed by atoms with van der Waals surface area (Å²) in [7, 11) is 2.52. The number of amides is 3. The summed E-state index contributed by atoms with van der Waals surface area (Å²) >= 11 is 0. The first-order valence-corrected chi connectivity index (χ1v) is 13.9. The number of methoxy groups -OCH3 is 2. The van der Waals surface area contributed by atoms with Gasteiger partial charge in [0.05, 0.1) is 14.2 Å². The first-order chi connectivity index (χ1) is 20.7. The predicted octanol–water partition coefficient (Wildman–Crippen LogP) is 3.54. The first kappa shape index (κ1) is 43.6. The number of para-hydroxylation sites is 2. The van der Waals surface area contributed by atoms with E-state index in [0.717, 1.165) is 11.1 Å². The second kappa shape index (κ2) is 19.8. The summed E-state index contributed by atoms with van der Waals surface area (Å²) in [6, 6.07) is 13.1. The number of ether oxygens (including phenoxy) is 2. The van der Waals surface area contributed by atoms with Gasteiger partial charge in [0, 0.05) is 11.4 Å². The van der Waals surface area contributed by atoms with Crippen molar-refractivity contribution in [2.24, 2.45) is 5.73 Å². The number of aliphatic carboxylic acids is 1. The minimum absolute atomic E-state index is 0. The average Bonchev–Trinajstić information content (AvgIpc) is 2.96. The Hall–Kier alpha value is -4.49. The summed E-state index contributed by atoms with van der Waals surface area (Å²) in [5, 5.41) is 15.8. The lowest BCUT2D eigenvalue weighted by molar-refractivity contribution is -0.147. The van der Waals surface area contributed by atoms with Crippen LogP contribution in [0, 0.1) is 0 Å². The Labute approximate surface area is 276 Å². The van der Waals surface area contributed by atoms with Crippen LogP contribution in [-0.2, 0) is 49.1 Å². The molecule has 2 aromatic rings. The highest BCUT2D eigenvalue weighted by molar-refractivity contribution is 6.40. The van der Waals surface area contributed by atoms with Crippen molar-refractivity contribution >= 4 is 59.4 Å². The first-order valence-electron chi connectivity index (χ1n) is 13.9. The van der Waals surface area contributed by atoms with E-state index in [9.17, 15) is 28.8 Å². The molecule has 0 aliphatic carbocycles. The van der Waals surface area contributed by atoms with Gasteiger partial charge in [0.15, 0.2) is 0 Å². The van der Waals surface area contributed by atoms with Gasteiger partial charge in [-0.05, 0) is 47.9 Å². The number of nitrogens with two attached hydrogens (primary N) is 1.